The maximum absolute atomic E-state index is 12.3. The van der Waals surface area contributed by atoms with Crippen LogP contribution in [0.25, 0.3) is 6.08 Å². The molecule has 0 radical (unpaired) electrons. The van der Waals surface area contributed by atoms with Crippen LogP contribution in [0.2, 0.25) is 0 Å². The fourth-order valence-corrected chi connectivity index (χ4v) is 7.41. The second kappa shape index (κ2) is 6.00. The summed E-state index contributed by atoms with van der Waals surface area (Å²) >= 11 is 0. The van der Waals surface area contributed by atoms with Crippen molar-refractivity contribution < 1.29 is 20.1 Å². The van der Waals surface area contributed by atoms with Gasteiger partial charge >= 0.3 is 0 Å². The summed E-state index contributed by atoms with van der Waals surface area (Å²) in [5.74, 6) is -0.0492. The van der Waals surface area contributed by atoms with Crippen LogP contribution < -0.4 is 0 Å². The number of allylic oxidation sites excluding steroid dienone is 1. The monoisotopic (exact) mass is 386 g/mol. The van der Waals surface area contributed by atoms with Gasteiger partial charge in [0, 0.05) is 13.0 Å². The van der Waals surface area contributed by atoms with Gasteiger partial charge in [0.15, 0.2) is 5.78 Å². The lowest BCUT2D eigenvalue weighted by molar-refractivity contribution is -0.156. The van der Waals surface area contributed by atoms with Gasteiger partial charge in [-0.15, -0.1) is 0 Å². The van der Waals surface area contributed by atoms with Gasteiger partial charge in [0.25, 0.3) is 0 Å². The third-order valence-corrected chi connectivity index (χ3v) is 8.69. The molecule has 0 saturated heterocycles. The Morgan fingerprint density at radius 1 is 1.36 bits per heavy atom. The maximum Gasteiger partial charge on any atom is 0.189 e. The first-order chi connectivity index (χ1) is 13.3. The van der Waals surface area contributed by atoms with Gasteiger partial charge in [-0.1, -0.05) is 12.5 Å². The van der Waals surface area contributed by atoms with Crippen molar-refractivity contribution >= 4 is 11.9 Å². The molecule has 28 heavy (non-hydrogen) atoms. The van der Waals surface area contributed by atoms with E-state index in [2.05, 4.69) is 18.1 Å². The van der Waals surface area contributed by atoms with Crippen molar-refractivity contribution in [3.63, 3.8) is 0 Å². The molecule has 1 aromatic rings. The van der Waals surface area contributed by atoms with Gasteiger partial charge in [-0.3, -0.25) is 9.48 Å². The van der Waals surface area contributed by atoms with Crippen LogP contribution in [0.5, 0.6) is 0 Å². The second-order valence-electron chi connectivity index (χ2n) is 9.79. The molecule has 3 fully saturated rings. The molecule has 3 saturated carbocycles. The summed E-state index contributed by atoms with van der Waals surface area (Å²) < 4.78 is 1.93. The van der Waals surface area contributed by atoms with E-state index in [9.17, 15) is 20.1 Å². The number of carbonyl (C=O) groups excluding carboxylic acids is 1. The van der Waals surface area contributed by atoms with Gasteiger partial charge in [0.05, 0.1) is 18.0 Å². The minimum atomic E-state index is -1.47. The van der Waals surface area contributed by atoms with E-state index in [-0.39, 0.29) is 23.2 Å². The van der Waals surface area contributed by atoms with Gasteiger partial charge in [-0.25, -0.2) is 0 Å². The average Bonchev–Trinajstić information content (AvgIpc) is 3.19. The maximum atomic E-state index is 12.3. The van der Waals surface area contributed by atoms with Crippen LogP contribution in [-0.4, -0.2) is 49.2 Å². The fourth-order valence-electron chi connectivity index (χ4n) is 7.41. The highest BCUT2D eigenvalue weighted by Crippen LogP contribution is 2.63. The molecule has 0 aliphatic heterocycles. The number of nitrogens with zero attached hydrogens (tertiary/aromatic N) is 2. The number of ketones is 1. The molecule has 0 bridgehead atoms. The summed E-state index contributed by atoms with van der Waals surface area (Å²) in [5, 5.41) is 36.1. The average molecular weight is 386 g/mol. The van der Waals surface area contributed by atoms with E-state index in [4.69, 9.17) is 0 Å². The van der Waals surface area contributed by atoms with Crippen LogP contribution in [0.1, 0.15) is 50.3 Å². The molecular weight excluding hydrogens is 356 g/mol. The topological polar surface area (TPSA) is 95.6 Å². The minimum absolute atomic E-state index is 0.106. The van der Waals surface area contributed by atoms with Crippen LogP contribution in [0.3, 0.4) is 0 Å². The van der Waals surface area contributed by atoms with E-state index in [0.29, 0.717) is 18.8 Å². The highest BCUT2D eigenvalue weighted by atomic mass is 16.3. The number of Topliss-reactive ketones (excluding diaryl/α,β-unsaturated/α-hetero) is 1. The van der Waals surface area contributed by atoms with Gasteiger partial charge in [0.1, 0.15) is 12.2 Å². The number of carbonyl (C=O) groups is 1. The molecule has 1 aromatic heterocycles. The number of rotatable bonds is 2. The Morgan fingerprint density at radius 3 is 2.89 bits per heavy atom. The molecule has 3 N–H and O–H groups in total. The molecule has 4 aliphatic carbocycles. The van der Waals surface area contributed by atoms with Crippen molar-refractivity contribution in [2.45, 2.75) is 57.2 Å². The molecular formula is C22H30N2O4. The molecule has 152 valence electrons. The third kappa shape index (κ3) is 2.25. The van der Waals surface area contributed by atoms with E-state index < -0.39 is 24.1 Å². The quantitative estimate of drug-likeness (QED) is 0.716. The van der Waals surface area contributed by atoms with Crippen molar-refractivity contribution in [1.82, 2.24) is 9.78 Å². The first kappa shape index (κ1) is 18.5. The van der Waals surface area contributed by atoms with Gasteiger partial charge in [0.2, 0.25) is 0 Å². The van der Waals surface area contributed by atoms with Crippen LogP contribution in [0.15, 0.2) is 11.8 Å². The number of aryl methyl sites for hydroxylation is 1. The SMILES string of the molecule is Cn1ncc2c1C=C1CC[C@@H]3[C@H]([C@@H](O)CC4[C@H]3CC[C@]4(O)C(=O)CO)[C@@]1(C)C2. The normalized spacial score (nSPS) is 44.2. The lowest BCUT2D eigenvalue weighted by Crippen LogP contribution is -2.57. The van der Waals surface area contributed by atoms with Gasteiger partial charge in [-0.2, -0.15) is 5.10 Å². The highest BCUT2D eigenvalue weighted by molar-refractivity contribution is 5.88. The van der Waals surface area contributed by atoms with E-state index in [1.807, 2.05) is 17.9 Å². The number of fused-ring (bicyclic) bond motifs is 6. The first-order valence-electron chi connectivity index (χ1n) is 10.6. The highest BCUT2D eigenvalue weighted by Gasteiger charge is 2.62. The van der Waals surface area contributed by atoms with E-state index in [0.717, 1.165) is 25.7 Å². The predicted molar refractivity (Wildman–Crippen MR) is 103 cm³/mol. The molecule has 1 unspecified atom stereocenters. The largest absolute Gasteiger partial charge is 0.393 e. The van der Waals surface area contributed by atoms with Crippen LogP contribution >= 0.6 is 0 Å². The number of aliphatic hydroxyl groups excluding tert-OH is 2. The minimum Gasteiger partial charge on any atom is -0.393 e. The zero-order valence-corrected chi connectivity index (χ0v) is 16.6. The molecule has 0 amide bonds. The first-order valence-corrected chi connectivity index (χ1v) is 10.6. The second-order valence-corrected chi connectivity index (χ2v) is 9.79. The summed E-state index contributed by atoms with van der Waals surface area (Å²) in [6.07, 6.45) is 8.19. The number of aliphatic hydroxyl groups is 3. The van der Waals surface area contributed by atoms with Crippen molar-refractivity contribution in [2.75, 3.05) is 6.61 Å². The van der Waals surface area contributed by atoms with E-state index in [1.165, 1.54) is 16.8 Å². The Hall–Kier alpha value is -1.50. The van der Waals surface area contributed by atoms with Gasteiger partial charge < -0.3 is 15.3 Å². The molecule has 0 spiro atoms. The smallest absolute Gasteiger partial charge is 0.189 e. The van der Waals surface area contributed by atoms with Crippen molar-refractivity contribution in [2.24, 2.45) is 36.1 Å². The predicted octanol–water partition coefficient (Wildman–Crippen LogP) is 1.48. The Balaban J connectivity index is 1.51. The van der Waals surface area contributed by atoms with Crippen molar-refractivity contribution in [3.8, 4) is 0 Å². The van der Waals surface area contributed by atoms with Crippen LogP contribution in [-0.2, 0) is 18.3 Å². The molecule has 6 nitrogen and oxygen atoms in total. The molecule has 1 heterocycles. The fraction of sp³-hybridized carbons (Fsp3) is 0.727. The Labute approximate surface area is 165 Å². The molecule has 4 aliphatic rings. The summed E-state index contributed by atoms with van der Waals surface area (Å²) in [4.78, 5) is 12.3. The number of aromatic nitrogens is 2. The van der Waals surface area contributed by atoms with Crippen molar-refractivity contribution in [1.29, 1.82) is 0 Å². The molecule has 0 aromatic carbocycles. The lowest BCUT2D eigenvalue weighted by atomic mass is 9.48. The Morgan fingerprint density at radius 2 is 2.14 bits per heavy atom. The standard InChI is InChI=1S/C22H30N2O4/c1-21-9-12-10-23-24(2)17(12)7-13(21)3-4-15-14-5-6-22(28,19(27)11-25)16(14)8-18(26)20(15)21/h7,10,14-16,18,20,25-26,28H,3-6,8-9,11H2,1-2H3/t14-,15-,16?,18-,20+,21-,22+/m0/s1. The van der Waals surface area contributed by atoms with Crippen LogP contribution in [0.4, 0.5) is 0 Å². The van der Waals surface area contributed by atoms with Gasteiger partial charge in [-0.05, 0) is 73.3 Å². The molecule has 6 heteroatoms. The summed E-state index contributed by atoms with van der Waals surface area (Å²) in [6.45, 7) is 1.66. The summed E-state index contributed by atoms with van der Waals surface area (Å²) in [5.41, 5.74) is 2.25. The van der Waals surface area contributed by atoms with Crippen LogP contribution in [0, 0.1) is 29.1 Å². The summed E-state index contributed by atoms with van der Waals surface area (Å²) in [7, 11) is 1.97. The zero-order chi connectivity index (χ0) is 19.8. The molecule has 7 atom stereocenters. The van der Waals surface area contributed by atoms with Crippen molar-refractivity contribution in [3.05, 3.63) is 23.0 Å². The Kier molecular flexibility index (Phi) is 3.97. The Bertz CT molecular complexity index is 861. The van der Waals surface area contributed by atoms with E-state index >= 15 is 0 Å². The third-order valence-electron chi connectivity index (χ3n) is 8.69. The molecule has 5 rings (SSSR count). The van der Waals surface area contributed by atoms with E-state index in [1.54, 1.807) is 0 Å². The number of hydrogen-bond donors (Lipinski definition) is 3. The zero-order valence-electron chi connectivity index (χ0n) is 16.6. The lowest BCUT2D eigenvalue weighted by Gasteiger charge is -2.57. The number of hydrogen-bond acceptors (Lipinski definition) is 5. The summed E-state index contributed by atoms with van der Waals surface area (Å²) in [6, 6.07) is 0.